The average molecular weight is 384 g/mol. The predicted molar refractivity (Wildman–Crippen MR) is 102 cm³/mol. The highest BCUT2D eigenvalue weighted by Crippen LogP contribution is 2.30. The van der Waals surface area contributed by atoms with Crippen LogP contribution in [0.1, 0.15) is 24.2 Å². The fourth-order valence-corrected chi connectivity index (χ4v) is 2.63. The Labute approximate surface area is 160 Å². The van der Waals surface area contributed by atoms with Gasteiger partial charge in [0.15, 0.2) is 5.60 Å². The van der Waals surface area contributed by atoms with Gasteiger partial charge in [0.25, 0.3) is 5.91 Å². The van der Waals surface area contributed by atoms with Crippen LogP contribution in [0.4, 0.5) is 5.69 Å². The SMILES string of the molecule is CCOC(=O)c1c[nH]c2ncnc(-c3cccc(NC(=O)C(C)(O)CO)c3)c12. The highest BCUT2D eigenvalue weighted by atomic mass is 16.5. The molecule has 28 heavy (non-hydrogen) atoms. The molecule has 3 rings (SSSR count). The molecule has 0 saturated carbocycles. The fraction of sp³-hybridized carbons (Fsp3) is 0.263. The van der Waals surface area contributed by atoms with E-state index in [1.54, 1.807) is 31.2 Å². The lowest BCUT2D eigenvalue weighted by Gasteiger charge is -2.19. The number of amides is 1. The Morgan fingerprint density at radius 1 is 1.32 bits per heavy atom. The summed E-state index contributed by atoms with van der Waals surface area (Å²) >= 11 is 0. The van der Waals surface area contributed by atoms with E-state index < -0.39 is 24.1 Å². The first kappa shape index (κ1) is 19.5. The molecule has 9 heteroatoms. The van der Waals surface area contributed by atoms with Crippen LogP contribution >= 0.6 is 0 Å². The summed E-state index contributed by atoms with van der Waals surface area (Å²) in [6, 6.07) is 6.75. The molecule has 1 unspecified atom stereocenters. The first-order valence-corrected chi connectivity index (χ1v) is 8.61. The molecule has 0 spiro atoms. The van der Waals surface area contributed by atoms with Crippen LogP contribution in [-0.4, -0.2) is 55.9 Å². The van der Waals surface area contributed by atoms with Crippen molar-refractivity contribution >= 4 is 28.6 Å². The van der Waals surface area contributed by atoms with Gasteiger partial charge in [-0.2, -0.15) is 0 Å². The number of hydrogen-bond donors (Lipinski definition) is 4. The molecule has 1 atom stereocenters. The van der Waals surface area contributed by atoms with Gasteiger partial charge in [-0.05, 0) is 26.0 Å². The van der Waals surface area contributed by atoms with Gasteiger partial charge < -0.3 is 25.3 Å². The molecule has 0 aliphatic rings. The molecule has 0 aliphatic carbocycles. The third kappa shape index (κ3) is 3.71. The van der Waals surface area contributed by atoms with Crippen molar-refractivity contribution in [1.82, 2.24) is 15.0 Å². The van der Waals surface area contributed by atoms with E-state index >= 15 is 0 Å². The Balaban J connectivity index is 2.03. The molecular weight excluding hydrogens is 364 g/mol. The quantitative estimate of drug-likeness (QED) is 0.472. The van der Waals surface area contributed by atoms with Crippen LogP contribution in [0.25, 0.3) is 22.3 Å². The number of hydrogen-bond acceptors (Lipinski definition) is 7. The number of aromatic amines is 1. The summed E-state index contributed by atoms with van der Waals surface area (Å²) in [5, 5.41) is 22.0. The Hall–Kier alpha value is -3.30. The number of ether oxygens (including phenoxy) is 1. The van der Waals surface area contributed by atoms with Crippen molar-refractivity contribution in [3.8, 4) is 11.3 Å². The number of fused-ring (bicyclic) bond motifs is 1. The molecule has 2 aromatic heterocycles. The van der Waals surface area contributed by atoms with E-state index in [2.05, 4.69) is 20.3 Å². The highest BCUT2D eigenvalue weighted by molar-refractivity contribution is 6.08. The van der Waals surface area contributed by atoms with Crippen molar-refractivity contribution < 1.29 is 24.5 Å². The van der Waals surface area contributed by atoms with Gasteiger partial charge in [-0.25, -0.2) is 14.8 Å². The predicted octanol–water partition coefficient (Wildman–Crippen LogP) is 1.48. The Kier molecular flexibility index (Phi) is 5.39. The maximum Gasteiger partial charge on any atom is 0.340 e. The number of esters is 1. The van der Waals surface area contributed by atoms with Gasteiger partial charge >= 0.3 is 5.97 Å². The molecular formula is C19H20N4O5. The summed E-state index contributed by atoms with van der Waals surface area (Å²) in [5.74, 6) is -1.23. The minimum Gasteiger partial charge on any atom is -0.462 e. The summed E-state index contributed by atoms with van der Waals surface area (Å²) in [6.07, 6.45) is 2.88. The van der Waals surface area contributed by atoms with Crippen LogP contribution < -0.4 is 5.32 Å². The molecule has 0 saturated heterocycles. The summed E-state index contributed by atoms with van der Waals surface area (Å²) in [6.45, 7) is 2.46. The third-order valence-electron chi connectivity index (χ3n) is 4.16. The molecule has 146 valence electrons. The van der Waals surface area contributed by atoms with Gasteiger partial charge in [0.1, 0.15) is 12.0 Å². The summed E-state index contributed by atoms with van der Waals surface area (Å²) in [5.41, 5.74) is 0.390. The lowest BCUT2D eigenvalue weighted by molar-refractivity contribution is -0.135. The van der Waals surface area contributed by atoms with Crippen molar-refractivity contribution in [2.75, 3.05) is 18.5 Å². The van der Waals surface area contributed by atoms with Gasteiger partial charge in [-0.1, -0.05) is 12.1 Å². The largest absolute Gasteiger partial charge is 0.462 e. The van der Waals surface area contributed by atoms with Crippen LogP contribution in [0.2, 0.25) is 0 Å². The molecule has 1 aromatic carbocycles. The minimum atomic E-state index is -1.91. The van der Waals surface area contributed by atoms with Crippen LogP contribution in [0, 0.1) is 0 Å². The third-order valence-corrected chi connectivity index (χ3v) is 4.16. The van der Waals surface area contributed by atoms with Crippen LogP contribution in [0.3, 0.4) is 0 Å². The molecule has 4 N–H and O–H groups in total. The van der Waals surface area contributed by atoms with Crippen LogP contribution in [-0.2, 0) is 9.53 Å². The lowest BCUT2D eigenvalue weighted by Crippen LogP contribution is -2.43. The van der Waals surface area contributed by atoms with Crippen molar-refractivity contribution in [1.29, 1.82) is 0 Å². The number of rotatable bonds is 6. The second-order valence-electron chi connectivity index (χ2n) is 6.34. The smallest absolute Gasteiger partial charge is 0.340 e. The monoisotopic (exact) mass is 384 g/mol. The summed E-state index contributed by atoms with van der Waals surface area (Å²) in [7, 11) is 0. The molecule has 3 aromatic rings. The molecule has 0 radical (unpaired) electrons. The molecule has 1 amide bonds. The van der Waals surface area contributed by atoms with Gasteiger partial charge in [0, 0.05) is 17.4 Å². The van der Waals surface area contributed by atoms with Crippen molar-refractivity contribution in [2.24, 2.45) is 0 Å². The van der Waals surface area contributed by atoms with E-state index in [0.717, 1.165) is 0 Å². The second-order valence-corrected chi connectivity index (χ2v) is 6.34. The van der Waals surface area contributed by atoms with E-state index in [1.807, 2.05) is 0 Å². The zero-order valence-electron chi connectivity index (χ0n) is 15.4. The topological polar surface area (TPSA) is 137 Å². The van der Waals surface area contributed by atoms with Gasteiger partial charge in [0.2, 0.25) is 0 Å². The number of H-pyrrole nitrogens is 1. The van der Waals surface area contributed by atoms with Crippen LogP contribution in [0.5, 0.6) is 0 Å². The second kappa shape index (κ2) is 7.75. The maximum atomic E-state index is 12.3. The van der Waals surface area contributed by atoms with Crippen molar-refractivity contribution in [3.05, 3.63) is 42.4 Å². The standard InChI is InChI=1S/C19H20N4O5/c1-3-28-17(25)13-8-20-16-14(13)15(21-10-22-16)11-5-4-6-12(7-11)23-18(26)19(2,27)9-24/h4-8,10,24,27H,3,9H2,1-2H3,(H,23,26)(H,20,21,22). The molecule has 9 nitrogen and oxygen atoms in total. The Bertz CT molecular complexity index is 1030. The molecule has 0 fully saturated rings. The highest BCUT2D eigenvalue weighted by Gasteiger charge is 2.29. The van der Waals surface area contributed by atoms with E-state index in [4.69, 9.17) is 9.84 Å². The van der Waals surface area contributed by atoms with Crippen LogP contribution in [0.15, 0.2) is 36.8 Å². The first-order chi connectivity index (χ1) is 13.4. The normalized spacial score (nSPS) is 13.1. The number of nitrogens with one attached hydrogen (secondary N) is 2. The zero-order chi connectivity index (χ0) is 20.3. The number of aliphatic hydroxyl groups excluding tert-OH is 1. The number of carbonyl (C=O) groups excluding carboxylic acids is 2. The van der Waals surface area contributed by atoms with E-state index in [9.17, 15) is 14.7 Å². The summed E-state index contributed by atoms with van der Waals surface area (Å²) in [4.78, 5) is 35.7. The van der Waals surface area contributed by atoms with Crippen molar-refractivity contribution in [3.63, 3.8) is 0 Å². The number of aromatic nitrogens is 3. The number of nitrogens with zero attached hydrogens (tertiary/aromatic N) is 2. The van der Waals surface area contributed by atoms with E-state index in [-0.39, 0.29) is 6.61 Å². The average Bonchev–Trinajstić information content (AvgIpc) is 3.12. The number of aliphatic hydroxyl groups is 2. The number of carbonyl (C=O) groups is 2. The number of benzene rings is 1. The lowest BCUT2D eigenvalue weighted by atomic mass is 10.0. The zero-order valence-corrected chi connectivity index (χ0v) is 15.4. The van der Waals surface area contributed by atoms with Gasteiger partial charge in [0.05, 0.1) is 29.9 Å². The molecule has 0 aliphatic heterocycles. The Morgan fingerprint density at radius 3 is 2.82 bits per heavy atom. The van der Waals surface area contributed by atoms with E-state index in [0.29, 0.717) is 33.5 Å². The Morgan fingerprint density at radius 2 is 2.11 bits per heavy atom. The number of anilines is 1. The fourth-order valence-electron chi connectivity index (χ4n) is 2.63. The molecule has 0 bridgehead atoms. The first-order valence-electron chi connectivity index (χ1n) is 8.61. The van der Waals surface area contributed by atoms with Gasteiger partial charge in [-0.3, -0.25) is 4.79 Å². The summed E-state index contributed by atoms with van der Waals surface area (Å²) < 4.78 is 5.09. The van der Waals surface area contributed by atoms with E-state index in [1.165, 1.54) is 19.4 Å². The van der Waals surface area contributed by atoms with Gasteiger partial charge in [-0.15, -0.1) is 0 Å². The minimum absolute atomic E-state index is 0.237. The maximum absolute atomic E-state index is 12.3. The molecule has 2 heterocycles. The van der Waals surface area contributed by atoms with Crippen molar-refractivity contribution in [2.45, 2.75) is 19.4 Å².